The quantitative estimate of drug-likeness (QED) is 0.659. The molecular weight excluding hydrogens is 398 g/mol. The highest BCUT2D eigenvalue weighted by molar-refractivity contribution is 6.04. The highest BCUT2D eigenvalue weighted by atomic mass is 16.6. The van der Waals surface area contributed by atoms with Gasteiger partial charge in [-0.25, -0.2) is 0 Å². The summed E-state index contributed by atoms with van der Waals surface area (Å²) < 4.78 is 16.7. The molecule has 1 fully saturated rings. The predicted octanol–water partition coefficient (Wildman–Crippen LogP) is 1.92. The molecule has 8 nitrogen and oxygen atoms in total. The summed E-state index contributed by atoms with van der Waals surface area (Å²) in [7, 11) is 0. The Bertz CT molecular complexity index is 914. The van der Waals surface area contributed by atoms with Crippen LogP contribution in [0.15, 0.2) is 48.5 Å². The molecule has 0 aromatic heterocycles. The van der Waals surface area contributed by atoms with Crippen molar-refractivity contribution in [2.24, 2.45) is 0 Å². The average Bonchev–Trinajstić information content (AvgIpc) is 2.82. The van der Waals surface area contributed by atoms with E-state index in [4.69, 9.17) is 14.2 Å². The molecule has 2 aromatic carbocycles. The minimum absolute atomic E-state index is 0.110. The van der Waals surface area contributed by atoms with Crippen molar-refractivity contribution in [3.05, 3.63) is 54.1 Å². The van der Waals surface area contributed by atoms with Gasteiger partial charge in [-0.15, -0.1) is 0 Å². The largest absolute Gasteiger partial charge is 0.485 e. The number of benzene rings is 2. The molecule has 0 aliphatic carbocycles. The molecule has 2 N–H and O–H groups in total. The van der Waals surface area contributed by atoms with Crippen LogP contribution in [0, 0.1) is 0 Å². The van der Waals surface area contributed by atoms with E-state index in [-0.39, 0.29) is 18.4 Å². The van der Waals surface area contributed by atoms with Crippen LogP contribution in [-0.2, 0) is 9.53 Å². The number of para-hydroxylation sites is 3. The van der Waals surface area contributed by atoms with Crippen molar-refractivity contribution in [1.29, 1.82) is 0 Å². The maximum absolute atomic E-state index is 12.7. The molecule has 31 heavy (non-hydrogen) atoms. The minimum Gasteiger partial charge on any atom is -0.485 e. The van der Waals surface area contributed by atoms with Gasteiger partial charge in [-0.1, -0.05) is 24.3 Å². The molecule has 2 heterocycles. The summed E-state index contributed by atoms with van der Waals surface area (Å²) in [6, 6.07) is 14.2. The van der Waals surface area contributed by atoms with Gasteiger partial charge in [0.25, 0.3) is 11.8 Å². The Kier molecular flexibility index (Phi) is 7.01. The molecule has 0 bridgehead atoms. The maximum atomic E-state index is 12.7. The monoisotopic (exact) mass is 425 g/mol. The lowest BCUT2D eigenvalue weighted by atomic mass is 10.1. The van der Waals surface area contributed by atoms with Crippen LogP contribution in [0.2, 0.25) is 0 Å². The first kappa shape index (κ1) is 21.1. The van der Waals surface area contributed by atoms with Crippen LogP contribution in [0.1, 0.15) is 16.8 Å². The lowest BCUT2D eigenvalue weighted by molar-refractivity contribution is -0.125. The topological polar surface area (TPSA) is 89.1 Å². The molecule has 0 saturated carbocycles. The molecule has 0 spiro atoms. The first-order chi connectivity index (χ1) is 15.2. The van der Waals surface area contributed by atoms with Gasteiger partial charge in [-0.2, -0.15) is 0 Å². The van der Waals surface area contributed by atoms with Gasteiger partial charge in [-0.3, -0.25) is 14.5 Å². The molecule has 1 atom stereocenters. The van der Waals surface area contributed by atoms with Gasteiger partial charge in [0.05, 0.1) is 24.5 Å². The molecule has 4 rings (SSSR count). The summed E-state index contributed by atoms with van der Waals surface area (Å²) >= 11 is 0. The molecule has 0 radical (unpaired) electrons. The van der Waals surface area contributed by atoms with E-state index >= 15 is 0 Å². The van der Waals surface area contributed by atoms with E-state index in [0.717, 1.165) is 39.3 Å². The fraction of sp³-hybridized carbons (Fsp3) is 0.391. The smallest absolute Gasteiger partial charge is 0.269 e. The van der Waals surface area contributed by atoms with Crippen molar-refractivity contribution in [1.82, 2.24) is 10.2 Å². The fourth-order valence-corrected chi connectivity index (χ4v) is 3.58. The fourth-order valence-electron chi connectivity index (χ4n) is 3.58. The standard InChI is InChI=1S/C23H27N3O5/c27-22(24-10-5-11-26-12-14-29-15-13-26)17-6-1-2-7-18(17)25-23(28)21-16-30-19-8-3-4-9-20(19)31-21/h1-4,6-9,21H,5,10-16H2,(H,24,27)(H,25,28)/t21-/m1/s1. The van der Waals surface area contributed by atoms with E-state index in [2.05, 4.69) is 15.5 Å². The highest BCUT2D eigenvalue weighted by Gasteiger charge is 2.28. The Morgan fingerprint density at radius 2 is 1.74 bits per heavy atom. The number of fused-ring (bicyclic) bond motifs is 1. The first-order valence-corrected chi connectivity index (χ1v) is 10.6. The summed E-state index contributed by atoms with van der Waals surface area (Å²) in [6.45, 7) is 4.98. The van der Waals surface area contributed by atoms with E-state index in [1.54, 1.807) is 36.4 Å². The van der Waals surface area contributed by atoms with E-state index in [9.17, 15) is 9.59 Å². The van der Waals surface area contributed by atoms with Crippen molar-refractivity contribution in [3.63, 3.8) is 0 Å². The molecule has 164 valence electrons. The van der Waals surface area contributed by atoms with Crippen LogP contribution in [0.4, 0.5) is 5.69 Å². The Morgan fingerprint density at radius 3 is 2.58 bits per heavy atom. The SMILES string of the molecule is O=C(NCCCN1CCOCC1)c1ccccc1NC(=O)[C@H]1COc2ccccc2O1. The van der Waals surface area contributed by atoms with Gasteiger partial charge in [0.2, 0.25) is 6.10 Å². The second-order valence-corrected chi connectivity index (χ2v) is 7.46. The third-order valence-electron chi connectivity index (χ3n) is 5.27. The molecule has 2 aromatic rings. The number of carbonyl (C=O) groups excluding carboxylic acids is 2. The van der Waals surface area contributed by atoms with Crippen molar-refractivity contribution in [3.8, 4) is 11.5 Å². The zero-order chi connectivity index (χ0) is 21.5. The summed E-state index contributed by atoms with van der Waals surface area (Å²) in [5.41, 5.74) is 0.861. The van der Waals surface area contributed by atoms with Crippen molar-refractivity contribution in [2.45, 2.75) is 12.5 Å². The molecular formula is C23H27N3O5. The van der Waals surface area contributed by atoms with Crippen molar-refractivity contribution in [2.75, 3.05) is 51.3 Å². The van der Waals surface area contributed by atoms with Crippen LogP contribution in [0.25, 0.3) is 0 Å². The number of rotatable bonds is 7. The lowest BCUT2D eigenvalue weighted by Gasteiger charge is -2.26. The third-order valence-corrected chi connectivity index (χ3v) is 5.27. The molecule has 8 heteroatoms. The first-order valence-electron chi connectivity index (χ1n) is 10.6. The van der Waals surface area contributed by atoms with Crippen molar-refractivity contribution < 1.29 is 23.8 Å². The molecule has 1 saturated heterocycles. The van der Waals surface area contributed by atoms with Gasteiger partial charge in [0.1, 0.15) is 6.61 Å². The summed E-state index contributed by atoms with van der Waals surface area (Å²) in [4.78, 5) is 27.7. The van der Waals surface area contributed by atoms with E-state index < -0.39 is 6.10 Å². The van der Waals surface area contributed by atoms with E-state index in [1.807, 2.05) is 12.1 Å². The van der Waals surface area contributed by atoms with E-state index in [0.29, 0.717) is 29.3 Å². The van der Waals surface area contributed by atoms with Gasteiger partial charge in [0.15, 0.2) is 11.5 Å². The van der Waals surface area contributed by atoms with Gasteiger partial charge < -0.3 is 24.8 Å². The lowest BCUT2D eigenvalue weighted by Crippen LogP contribution is -2.40. The Labute approximate surface area is 181 Å². The number of anilines is 1. The molecule has 2 amide bonds. The van der Waals surface area contributed by atoms with Crippen LogP contribution in [0.3, 0.4) is 0 Å². The molecule has 2 aliphatic heterocycles. The number of nitrogens with one attached hydrogen (secondary N) is 2. The summed E-state index contributed by atoms with van der Waals surface area (Å²) in [5.74, 6) is 0.565. The van der Waals surface area contributed by atoms with Crippen LogP contribution >= 0.6 is 0 Å². The predicted molar refractivity (Wildman–Crippen MR) is 116 cm³/mol. The number of ether oxygens (including phenoxy) is 3. The van der Waals surface area contributed by atoms with Crippen LogP contribution in [-0.4, -0.2) is 68.8 Å². The minimum atomic E-state index is -0.792. The maximum Gasteiger partial charge on any atom is 0.269 e. The van der Waals surface area contributed by atoms with E-state index in [1.165, 1.54) is 0 Å². The number of morpholine rings is 1. The molecule has 2 aliphatic rings. The number of hydrogen-bond donors (Lipinski definition) is 2. The average molecular weight is 425 g/mol. The third kappa shape index (κ3) is 5.53. The normalized spacial score (nSPS) is 18.3. The van der Waals surface area contributed by atoms with Crippen LogP contribution < -0.4 is 20.1 Å². The van der Waals surface area contributed by atoms with Gasteiger partial charge in [0, 0.05) is 19.6 Å². The summed E-state index contributed by atoms with van der Waals surface area (Å²) in [6.07, 6.45) is 0.0620. The number of nitrogens with zero attached hydrogens (tertiary/aromatic N) is 1. The number of amides is 2. The van der Waals surface area contributed by atoms with Gasteiger partial charge >= 0.3 is 0 Å². The van der Waals surface area contributed by atoms with Crippen molar-refractivity contribution >= 4 is 17.5 Å². The second kappa shape index (κ2) is 10.3. The second-order valence-electron chi connectivity index (χ2n) is 7.46. The summed E-state index contributed by atoms with van der Waals surface area (Å²) in [5, 5.41) is 5.75. The van der Waals surface area contributed by atoms with Crippen LogP contribution in [0.5, 0.6) is 11.5 Å². The number of carbonyl (C=O) groups is 2. The molecule has 0 unspecified atom stereocenters. The Balaban J connectivity index is 1.30. The zero-order valence-electron chi connectivity index (χ0n) is 17.3. The Hall–Kier alpha value is -3.10. The number of hydrogen-bond acceptors (Lipinski definition) is 6. The Morgan fingerprint density at radius 1 is 1.00 bits per heavy atom. The van der Waals surface area contributed by atoms with Gasteiger partial charge in [-0.05, 0) is 37.2 Å². The highest BCUT2D eigenvalue weighted by Crippen LogP contribution is 2.31. The zero-order valence-corrected chi connectivity index (χ0v) is 17.3.